The maximum Gasteiger partial charge on any atom is 0.234 e. The predicted octanol–water partition coefficient (Wildman–Crippen LogP) is 6.48. The van der Waals surface area contributed by atoms with E-state index < -0.39 is 0 Å². The highest BCUT2D eigenvalue weighted by Crippen LogP contribution is 2.27. The van der Waals surface area contributed by atoms with E-state index in [2.05, 4.69) is 46.6 Å². The second-order valence-electron chi connectivity index (χ2n) is 7.92. The van der Waals surface area contributed by atoms with Crippen molar-refractivity contribution in [1.82, 2.24) is 14.6 Å². The summed E-state index contributed by atoms with van der Waals surface area (Å²) in [5.74, 6) is 1.61. The van der Waals surface area contributed by atoms with Crippen LogP contribution in [-0.4, -0.2) is 26.3 Å². The summed E-state index contributed by atoms with van der Waals surface area (Å²) in [7, 11) is 0. The molecule has 0 bridgehead atoms. The van der Waals surface area contributed by atoms with Crippen LogP contribution in [0.4, 0.5) is 5.69 Å². The van der Waals surface area contributed by atoms with Crippen molar-refractivity contribution < 1.29 is 9.53 Å². The van der Waals surface area contributed by atoms with Crippen molar-refractivity contribution >= 4 is 28.9 Å². The number of amides is 1. The average molecular weight is 481 g/mol. The first kappa shape index (κ1) is 22.7. The molecule has 5 rings (SSSR count). The second-order valence-corrected chi connectivity index (χ2v) is 8.88. The zero-order valence-electron chi connectivity index (χ0n) is 19.2. The van der Waals surface area contributed by atoms with E-state index in [0.29, 0.717) is 11.4 Å². The van der Waals surface area contributed by atoms with E-state index >= 15 is 0 Å². The lowest BCUT2D eigenvalue weighted by Gasteiger charge is -2.08. The minimum atomic E-state index is -0.106. The van der Waals surface area contributed by atoms with Gasteiger partial charge in [0.15, 0.2) is 0 Å². The first-order chi connectivity index (χ1) is 17.2. The zero-order chi connectivity index (χ0) is 24.0. The number of nitrogens with zero attached hydrogens (tertiary/aromatic N) is 3. The number of thioether (sulfide) groups is 1. The molecule has 5 aromatic rings. The molecule has 0 saturated heterocycles. The van der Waals surface area contributed by atoms with E-state index in [1.807, 2.05) is 71.4 Å². The van der Waals surface area contributed by atoms with Gasteiger partial charge in [-0.05, 0) is 54.4 Å². The first-order valence-corrected chi connectivity index (χ1v) is 12.4. The highest BCUT2D eigenvalue weighted by atomic mass is 32.2. The third-order valence-corrected chi connectivity index (χ3v) is 6.46. The fraction of sp³-hybridized carbons (Fsp3) is 0.107. The molecule has 35 heavy (non-hydrogen) atoms. The number of anilines is 1. The predicted molar refractivity (Wildman–Crippen MR) is 140 cm³/mol. The Morgan fingerprint density at radius 2 is 1.71 bits per heavy atom. The number of carbonyl (C=O) groups excluding carboxylic acids is 1. The van der Waals surface area contributed by atoms with Gasteiger partial charge in [0.05, 0.1) is 17.0 Å². The largest absolute Gasteiger partial charge is 0.457 e. The van der Waals surface area contributed by atoms with Crippen molar-refractivity contribution in [3.05, 3.63) is 103 Å². The number of ether oxygens (including phenoxy) is 1. The fourth-order valence-corrected chi connectivity index (χ4v) is 4.40. The molecule has 0 radical (unpaired) electrons. The summed E-state index contributed by atoms with van der Waals surface area (Å²) in [5, 5.41) is 8.37. The molecule has 0 saturated carbocycles. The van der Waals surface area contributed by atoms with Gasteiger partial charge in [-0.15, -0.1) is 0 Å². The summed E-state index contributed by atoms with van der Waals surface area (Å²) in [6.45, 7) is 2.14. The molecule has 0 spiro atoms. The van der Waals surface area contributed by atoms with E-state index in [0.717, 1.165) is 34.0 Å². The lowest BCUT2D eigenvalue weighted by molar-refractivity contribution is -0.113. The van der Waals surface area contributed by atoms with Crippen LogP contribution in [0.25, 0.3) is 16.8 Å². The normalized spacial score (nSPS) is 10.9. The Hall–Kier alpha value is -4.10. The van der Waals surface area contributed by atoms with Gasteiger partial charge >= 0.3 is 0 Å². The van der Waals surface area contributed by atoms with Gasteiger partial charge in [-0.3, -0.25) is 4.79 Å². The Balaban J connectivity index is 1.22. The number of carbonyl (C=O) groups is 1. The molecule has 0 unspecified atom stereocenters. The van der Waals surface area contributed by atoms with E-state index in [9.17, 15) is 4.79 Å². The molecule has 1 N–H and O–H groups in total. The van der Waals surface area contributed by atoms with Crippen LogP contribution in [0.5, 0.6) is 11.5 Å². The standard InChI is InChI=1S/C28H24N4O2S/c1-2-20-8-10-21(11-9-20)25-18-26-28(29-16-17-32(26)31-25)35-19-27(33)30-22-12-14-24(15-13-22)34-23-6-4-3-5-7-23/h3-18H,2,19H2,1H3,(H,30,33). The van der Waals surface area contributed by atoms with Crippen molar-refractivity contribution in [3.63, 3.8) is 0 Å². The summed E-state index contributed by atoms with van der Waals surface area (Å²) < 4.78 is 7.60. The third-order valence-electron chi connectivity index (χ3n) is 5.47. The molecule has 0 aliphatic heterocycles. The van der Waals surface area contributed by atoms with Crippen molar-refractivity contribution in [2.75, 3.05) is 11.1 Å². The molecule has 7 heteroatoms. The SMILES string of the molecule is CCc1ccc(-c2cc3c(SCC(=O)Nc4ccc(Oc5ccccc5)cc4)nccn3n2)cc1. The van der Waals surface area contributed by atoms with Gasteiger partial charge in [0.2, 0.25) is 5.91 Å². The second kappa shape index (κ2) is 10.4. The molecule has 2 aromatic heterocycles. The van der Waals surface area contributed by atoms with Crippen LogP contribution in [0.1, 0.15) is 12.5 Å². The summed E-state index contributed by atoms with van der Waals surface area (Å²) in [5.41, 5.74) is 4.82. The number of nitrogens with one attached hydrogen (secondary N) is 1. The molecule has 3 aromatic carbocycles. The molecule has 0 atom stereocenters. The van der Waals surface area contributed by atoms with Crippen molar-refractivity contribution in [3.8, 4) is 22.8 Å². The Bertz CT molecular complexity index is 1430. The van der Waals surface area contributed by atoms with Crippen LogP contribution in [0.3, 0.4) is 0 Å². The van der Waals surface area contributed by atoms with Gasteiger partial charge in [0.25, 0.3) is 0 Å². The number of rotatable bonds is 8. The zero-order valence-corrected chi connectivity index (χ0v) is 20.0. The molecule has 174 valence electrons. The molecule has 1 amide bonds. The van der Waals surface area contributed by atoms with Crippen LogP contribution in [-0.2, 0) is 11.2 Å². The monoisotopic (exact) mass is 480 g/mol. The third kappa shape index (κ3) is 5.53. The van der Waals surface area contributed by atoms with E-state index in [1.54, 1.807) is 6.20 Å². The molecular formula is C28H24N4O2S. The number of hydrogen-bond donors (Lipinski definition) is 1. The number of fused-ring (bicyclic) bond motifs is 1. The van der Waals surface area contributed by atoms with Gasteiger partial charge in [-0.2, -0.15) is 5.10 Å². The quantitative estimate of drug-likeness (QED) is 0.257. The van der Waals surface area contributed by atoms with Gasteiger partial charge in [0.1, 0.15) is 16.5 Å². The number of hydrogen-bond acceptors (Lipinski definition) is 5. The Morgan fingerprint density at radius 1 is 0.971 bits per heavy atom. The fourth-order valence-electron chi connectivity index (χ4n) is 3.62. The van der Waals surface area contributed by atoms with Crippen LogP contribution in [0.2, 0.25) is 0 Å². The summed E-state index contributed by atoms with van der Waals surface area (Å²) in [4.78, 5) is 17.0. The number of aryl methyl sites for hydroxylation is 1. The maximum absolute atomic E-state index is 12.6. The minimum Gasteiger partial charge on any atom is -0.457 e. The molecule has 0 aliphatic carbocycles. The Labute approximate surface area is 208 Å². The summed E-state index contributed by atoms with van der Waals surface area (Å²) in [6.07, 6.45) is 4.53. The minimum absolute atomic E-state index is 0.106. The van der Waals surface area contributed by atoms with Gasteiger partial charge in [-0.25, -0.2) is 9.50 Å². The highest BCUT2D eigenvalue weighted by Gasteiger charge is 2.12. The van der Waals surface area contributed by atoms with Crippen LogP contribution < -0.4 is 10.1 Å². The van der Waals surface area contributed by atoms with E-state index in [-0.39, 0.29) is 11.7 Å². The highest BCUT2D eigenvalue weighted by molar-refractivity contribution is 8.00. The lowest BCUT2D eigenvalue weighted by Crippen LogP contribution is -2.14. The molecular weight excluding hydrogens is 456 g/mol. The van der Waals surface area contributed by atoms with E-state index in [4.69, 9.17) is 4.74 Å². The maximum atomic E-state index is 12.6. The molecule has 6 nitrogen and oxygen atoms in total. The van der Waals surface area contributed by atoms with Crippen LogP contribution in [0, 0.1) is 0 Å². The number of benzene rings is 3. The lowest BCUT2D eigenvalue weighted by atomic mass is 10.1. The molecule has 0 fully saturated rings. The van der Waals surface area contributed by atoms with Crippen molar-refractivity contribution in [2.24, 2.45) is 0 Å². The Morgan fingerprint density at radius 3 is 2.46 bits per heavy atom. The summed E-state index contributed by atoms with van der Waals surface area (Å²) in [6, 6.07) is 27.3. The van der Waals surface area contributed by atoms with Crippen LogP contribution >= 0.6 is 11.8 Å². The van der Waals surface area contributed by atoms with E-state index in [1.165, 1.54) is 17.3 Å². The average Bonchev–Trinajstić information content (AvgIpc) is 3.34. The van der Waals surface area contributed by atoms with Gasteiger partial charge in [-0.1, -0.05) is 61.2 Å². The Kier molecular flexibility index (Phi) is 6.77. The van der Waals surface area contributed by atoms with Gasteiger partial charge < -0.3 is 10.1 Å². The first-order valence-electron chi connectivity index (χ1n) is 11.4. The van der Waals surface area contributed by atoms with Crippen molar-refractivity contribution in [1.29, 1.82) is 0 Å². The number of para-hydroxylation sites is 1. The van der Waals surface area contributed by atoms with Gasteiger partial charge in [0, 0.05) is 23.6 Å². The number of aromatic nitrogens is 3. The topological polar surface area (TPSA) is 68.5 Å². The van der Waals surface area contributed by atoms with Crippen molar-refractivity contribution in [2.45, 2.75) is 18.4 Å². The molecule has 0 aliphatic rings. The molecule has 2 heterocycles. The summed E-state index contributed by atoms with van der Waals surface area (Å²) >= 11 is 1.39. The van der Waals surface area contributed by atoms with Crippen LogP contribution in [0.15, 0.2) is 102 Å². The smallest absolute Gasteiger partial charge is 0.234 e.